The van der Waals surface area contributed by atoms with Gasteiger partial charge in [-0.05, 0) is 25.0 Å². The highest BCUT2D eigenvalue weighted by molar-refractivity contribution is 6.41. The first-order chi connectivity index (χ1) is 21.9. The highest BCUT2D eigenvalue weighted by Crippen LogP contribution is 2.46. The number of aromatic nitrogens is 5. The van der Waals surface area contributed by atoms with Gasteiger partial charge in [0.2, 0.25) is 5.95 Å². The van der Waals surface area contributed by atoms with Gasteiger partial charge in [0.05, 0.1) is 54.0 Å². The van der Waals surface area contributed by atoms with Crippen LogP contribution in [0.3, 0.4) is 0 Å². The molecule has 6 rings (SSSR count). The summed E-state index contributed by atoms with van der Waals surface area (Å²) < 4.78 is 16.8. The number of allylic oxidation sites excluding steroid dienone is 1. The Morgan fingerprint density at radius 1 is 1.18 bits per heavy atom. The summed E-state index contributed by atoms with van der Waals surface area (Å²) >= 11 is 13.5. The number of benzene rings is 1. The molecule has 14 heteroatoms. The maximum Gasteiger partial charge on any atom is 0.223 e. The zero-order valence-electron chi connectivity index (χ0n) is 25.0. The van der Waals surface area contributed by atoms with Crippen LogP contribution in [0.4, 0.5) is 17.5 Å². The van der Waals surface area contributed by atoms with Crippen molar-refractivity contribution in [2.75, 3.05) is 56.0 Å². The van der Waals surface area contributed by atoms with E-state index >= 15 is 0 Å². The molecule has 1 aromatic carbocycles. The predicted molar refractivity (Wildman–Crippen MR) is 175 cm³/mol. The van der Waals surface area contributed by atoms with Gasteiger partial charge in [-0.25, -0.2) is 15.0 Å². The van der Waals surface area contributed by atoms with E-state index in [9.17, 15) is 4.79 Å². The number of carbonyl (C=O) groups is 1. The number of halogens is 2. The summed E-state index contributed by atoms with van der Waals surface area (Å²) in [5, 5.41) is 15.2. The summed E-state index contributed by atoms with van der Waals surface area (Å²) in [6.45, 7) is 6.26. The SMILES string of the molecule is C=CC(=O)C[C@H]1CN(c2cn[nH]c2)C[C@H]1Nc1ncc2cc(-c3c(Cl)c(OC)cc(OC)c3Cl)nc(NCC3CCCO3)c2n1. The Labute approximate surface area is 270 Å². The third-order valence-electron chi connectivity index (χ3n) is 8.21. The summed E-state index contributed by atoms with van der Waals surface area (Å²) in [7, 11) is 3.06. The number of hydrogen-bond donors (Lipinski definition) is 3. The van der Waals surface area contributed by atoms with E-state index in [4.69, 9.17) is 47.4 Å². The fourth-order valence-corrected chi connectivity index (χ4v) is 6.56. The Morgan fingerprint density at radius 3 is 2.64 bits per heavy atom. The van der Waals surface area contributed by atoms with Gasteiger partial charge in [0.25, 0.3) is 0 Å². The molecule has 2 fully saturated rings. The molecule has 0 amide bonds. The molecular formula is C31H34Cl2N8O4. The Kier molecular flexibility index (Phi) is 9.24. The minimum atomic E-state index is -0.0985. The van der Waals surface area contributed by atoms with Crippen molar-refractivity contribution >= 4 is 57.3 Å². The molecule has 0 saturated carbocycles. The lowest BCUT2D eigenvalue weighted by Gasteiger charge is -2.20. The van der Waals surface area contributed by atoms with Crippen molar-refractivity contribution in [3.05, 3.63) is 53.4 Å². The molecule has 2 aliphatic rings. The number of nitrogens with zero attached hydrogens (tertiary/aromatic N) is 5. The summed E-state index contributed by atoms with van der Waals surface area (Å²) in [5.74, 6) is 1.77. The van der Waals surface area contributed by atoms with Crippen molar-refractivity contribution in [3.8, 4) is 22.8 Å². The van der Waals surface area contributed by atoms with Crippen LogP contribution >= 0.6 is 23.2 Å². The van der Waals surface area contributed by atoms with Crippen molar-refractivity contribution in [2.45, 2.75) is 31.4 Å². The largest absolute Gasteiger partial charge is 0.495 e. The number of pyridine rings is 1. The van der Waals surface area contributed by atoms with Gasteiger partial charge in [0.1, 0.15) is 17.0 Å². The number of ether oxygens (including phenoxy) is 3. The second-order valence-electron chi connectivity index (χ2n) is 11.0. The normalized spacial score (nSPS) is 19.6. The number of aromatic amines is 1. The summed E-state index contributed by atoms with van der Waals surface area (Å²) in [6.07, 6.45) is 9.10. The number of hydrogen-bond acceptors (Lipinski definition) is 11. The third kappa shape index (κ3) is 6.49. The summed E-state index contributed by atoms with van der Waals surface area (Å²) in [6, 6.07) is 3.38. The second-order valence-corrected chi connectivity index (χ2v) is 11.8. The van der Waals surface area contributed by atoms with E-state index in [-0.39, 0.29) is 23.8 Å². The Balaban J connectivity index is 1.37. The fraction of sp³-hybridized carbons (Fsp3) is 0.387. The van der Waals surface area contributed by atoms with E-state index in [2.05, 4.69) is 37.3 Å². The van der Waals surface area contributed by atoms with Crippen LogP contribution in [0.2, 0.25) is 10.0 Å². The first kappa shape index (κ1) is 30.9. The standard InChI is InChI=1S/C31H34Cl2N8O4/c1-4-20(42)8-18-15-41(19-12-36-37-13-19)16-23(18)39-31-35-11-17-9-22(26-27(32)24(43-2)10-25(44-3)28(26)33)38-30(29(17)40-31)34-14-21-6-5-7-45-21/h4,9-13,18,21,23H,1,5-8,14-16H2,2-3H3,(H,34,38)(H,36,37)(H,35,39,40)/t18-,21?,23+/m0/s1. The van der Waals surface area contributed by atoms with Crippen molar-refractivity contribution in [3.63, 3.8) is 0 Å². The average molecular weight is 654 g/mol. The topological polar surface area (TPSA) is 139 Å². The molecule has 2 saturated heterocycles. The van der Waals surface area contributed by atoms with Crippen LogP contribution in [0.1, 0.15) is 19.3 Å². The molecule has 5 heterocycles. The van der Waals surface area contributed by atoms with E-state index in [0.717, 1.165) is 30.5 Å². The molecule has 2 aliphatic heterocycles. The van der Waals surface area contributed by atoms with E-state index in [1.165, 1.54) is 20.3 Å². The van der Waals surface area contributed by atoms with Crippen molar-refractivity contribution in [1.82, 2.24) is 25.1 Å². The van der Waals surface area contributed by atoms with Crippen LogP contribution in [-0.2, 0) is 9.53 Å². The molecule has 3 atom stereocenters. The fourth-order valence-electron chi connectivity index (χ4n) is 5.86. The predicted octanol–water partition coefficient (Wildman–Crippen LogP) is 5.39. The van der Waals surface area contributed by atoms with E-state index < -0.39 is 0 Å². The zero-order chi connectivity index (χ0) is 31.5. The van der Waals surface area contributed by atoms with Crippen molar-refractivity contribution in [1.29, 1.82) is 0 Å². The number of methoxy groups -OCH3 is 2. The highest BCUT2D eigenvalue weighted by Gasteiger charge is 2.35. The van der Waals surface area contributed by atoms with E-state index in [1.807, 2.05) is 12.3 Å². The van der Waals surface area contributed by atoms with Crippen LogP contribution in [-0.4, -0.2) is 83.5 Å². The van der Waals surface area contributed by atoms with Gasteiger partial charge < -0.3 is 29.7 Å². The lowest BCUT2D eigenvalue weighted by molar-refractivity contribution is -0.115. The maximum atomic E-state index is 12.4. The second kappa shape index (κ2) is 13.5. The third-order valence-corrected chi connectivity index (χ3v) is 8.96. The minimum Gasteiger partial charge on any atom is -0.495 e. The van der Waals surface area contributed by atoms with Crippen LogP contribution in [0.5, 0.6) is 11.5 Å². The highest BCUT2D eigenvalue weighted by atomic mass is 35.5. The molecule has 3 N–H and O–H groups in total. The molecule has 12 nitrogen and oxygen atoms in total. The van der Waals surface area contributed by atoms with E-state index in [1.54, 1.807) is 18.5 Å². The first-order valence-corrected chi connectivity index (χ1v) is 15.4. The number of ketones is 1. The minimum absolute atomic E-state index is 0.00892. The zero-order valence-corrected chi connectivity index (χ0v) is 26.5. The molecule has 3 aromatic heterocycles. The molecule has 0 aliphatic carbocycles. The number of anilines is 3. The average Bonchev–Trinajstić information content (AvgIpc) is 3.84. The molecular weight excluding hydrogens is 619 g/mol. The van der Waals surface area contributed by atoms with Gasteiger partial charge in [-0.2, -0.15) is 5.10 Å². The Bertz CT molecular complexity index is 1670. The lowest BCUT2D eigenvalue weighted by atomic mass is 9.97. The molecule has 45 heavy (non-hydrogen) atoms. The molecule has 1 unspecified atom stereocenters. The molecule has 236 valence electrons. The summed E-state index contributed by atoms with van der Waals surface area (Å²) in [4.78, 5) is 29.1. The number of H-pyrrole nitrogens is 1. The molecule has 0 radical (unpaired) electrons. The number of rotatable bonds is 12. The van der Waals surface area contributed by atoms with Crippen LogP contribution < -0.4 is 25.0 Å². The van der Waals surface area contributed by atoms with Gasteiger partial charge in [0, 0.05) is 68.0 Å². The van der Waals surface area contributed by atoms with Crippen molar-refractivity contribution in [2.24, 2.45) is 5.92 Å². The number of fused-ring (bicyclic) bond motifs is 1. The molecule has 4 aromatic rings. The molecule has 0 bridgehead atoms. The Hall–Kier alpha value is -4.13. The van der Waals surface area contributed by atoms with E-state index in [0.29, 0.717) is 76.1 Å². The van der Waals surface area contributed by atoms with Gasteiger partial charge >= 0.3 is 0 Å². The molecule has 0 spiro atoms. The van der Waals surface area contributed by atoms with Gasteiger partial charge in [-0.15, -0.1) is 0 Å². The van der Waals surface area contributed by atoms with Crippen LogP contribution in [0, 0.1) is 5.92 Å². The maximum absolute atomic E-state index is 12.4. The van der Waals surface area contributed by atoms with Crippen LogP contribution in [0.15, 0.2) is 43.4 Å². The monoisotopic (exact) mass is 652 g/mol. The quantitative estimate of drug-likeness (QED) is 0.170. The number of nitrogens with one attached hydrogen (secondary N) is 3. The first-order valence-electron chi connectivity index (χ1n) is 14.7. The number of carbonyl (C=O) groups excluding carboxylic acids is 1. The smallest absolute Gasteiger partial charge is 0.223 e. The lowest BCUT2D eigenvalue weighted by Crippen LogP contribution is -2.30. The van der Waals surface area contributed by atoms with Crippen LogP contribution in [0.25, 0.3) is 22.2 Å². The van der Waals surface area contributed by atoms with Gasteiger partial charge in [0.15, 0.2) is 11.6 Å². The van der Waals surface area contributed by atoms with Gasteiger partial charge in [-0.1, -0.05) is 29.8 Å². The summed E-state index contributed by atoms with van der Waals surface area (Å²) in [5.41, 5.74) is 2.54. The Morgan fingerprint density at radius 2 is 1.98 bits per heavy atom. The van der Waals surface area contributed by atoms with Crippen molar-refractivity contribution < 1.29 is 19.0 Å². The van der Waals surface area contributed by atoms with Gasteiger partial charge in [-0.3, -0.25) is 9.89 Å².